The highest BCUT2D eigenvalue weighted by Crippen LogP contribution is 2.52. The number of benzene rings is 2. The van der Waals surface area contributed by atoms with Gasteiger partial charge in [-0.2, -0.15) is 0 Å². The first kappa shape index (κ1) is 24.6. The van der Waals surface area contributed by atoms with Crippen LogP contribution in [0.25, 0.3) is 10.8 Å². The van der Waals surface area contributed by atoms with E-state index in [1.54, 1.807) is 0 Å². The van der Waals surface area contributed by atoms with Gasteiger partial charge in [0.1, 0.15) is 5.75 Å². The third-order valence-corrected chi connectivity index (χ3v) is 4.64. The standard InChI is InChI=1S/C25H36O6/c1-6-11-12-13-21(26)31-23-19-15-14-18(27-8-3)17-20(19)22(30-16-7-2)24(28-9-4)25(23)29-10-5/h14-15,17H,6-13,16H2,1-5H3. The van der Waals surface area contributed by atoms with Crippen molar-refractivity contribution in [1.29, 1.82) is 0 Å². The zero-order valence-corrected chi connectivity index (χ0v) is 19.5. The summed E-state index contributed by atoms with van der Waals surface area (Å²) < 4.78 is 29.6. The van der Waals surface area contributed by atoms with Crippen LogP contribution in [-0.4, -0.2) is 32.4 Å². The second-order valence-electron chi connectivity index (χ2n) is 7.10. The van der Waals surface area contributed by atoms with E-state index in [4.69, 9.17) is 23.7 Å². The smallest absolute Gasteiger partial charge is 0.311 e. The quantitative estimate of drug-likeness (QED) is 0.198. The molecular weight excluding hydrogens is 396 g/mol. The van der Waals surface area contributed by atoms with Crippen LogP contribution in [0, 0.1) is 0 Å². The van der Waals surface area contributed by atoms with E-state index < -0.39 is 0 Å². The molecule has 0 aliphatic carbocycles. The number of esters is 1. The minimum atomic E-state index is -0.283. The van der Waals surface area contributed by atoms with Crippen molar-refractivity contribution in [2.45, 2.75) is 66.7 Å². The molecule has 0 N–H and O–H groups in total. The summed E-state index contributed by atoms with van der Waals surface area (Å²) in [6.45, 7) is 11.8. The van der Waals surface area contributed by atoms with E-state index in [0.29, 0.717) is 61.6 Å². The first-order chi connectivity index (χ1) is 15.1. The molecule has 31 heavy (non-hydrogen) atoms. The summed E-state index contributed by atoms with van der Waals surface area (Å²) in [6.07, 6.45) is 4.02. The molecule has 0 heterocycles. The molecule has 0 atom stereocenters. The van der Waals surface area contributed by atoms with Gasteiger partial charge in [0.25, 0.3) is 0 Å². The Kier molecular flexibility index (Phi) is 10.3. The van der Waals surface area contributed by atoms with E-state index >= 15 is 0 Å². The van der Waals surface area contributed by atoms with Gasteiger partial charge in [0.15, 0.2) is 11.5 Å². The molecule has 6 heteroatoms. The van der Waals surface area contributed by atoms with Crippen molar-refractivity contribution in [2.24, 2.45) is 0 Å². The maximum absolute atomic E-state index is 12.6. The number of ether oxygens (including phenoxy) is 5. The van der Waals surface area contributed by atoms with Gasteiger partial charge in [-0.25, -0.2) is 0 Å². The van der Waals surface area contributed by atoms with E-state index in [-0.39, 0.29) is 5.97 Å². The molecule has 172 valence electrons. The largest absolute Gasteiger partial charge is 0.494 e. The first-order valence-electron chi connectivity index (χ1n) is 11.5. The van der Waals surface area contributed by atoms with Crippen molar-refractivity contribution in [3.8, 4) is 28.7 Å². The number of carbonyl (C=O) groups is 1. The van der Waals surface area contributed by atoms with E-state index in [9.17, 15) is 4.79 Å². The Hall–Kier alpha value is -2.63. The van der Waals surface area contributed by atoms with Gasteiger partial charge in [-0.15, -0.1) is 0 Å². The predicted octanol–water partition coefficient (Wildman–Crippen LogP) is 6.31. The highest BCUT2D eigenvalue weighted by atomic mass is 16.6. The molecule has 0 radical (unpaired) electrons. The molecule has 6 nitrogen and oxygen atoms in total. The molecule has 2 aromatic carbocycles. The SMILES string of the molecule is CCCCCC(=O)Oc1c(OCC)c(OCC)c(OCCC)c2cc(OCC)ccc12. The Morgan fingerprint density at radius 2 is 1.39 bits per heavy atom. The van der Waals surface area contributed by atoms with Crippen LogP contribution in [-0.2, 0) is 4.79 Å². The molecule has 0 amide bonds. The van der Waals surface area contributed by atoms with Gasteiger partial charge in [-0.05, 0) is 51.8 Å². The summed E-state index contributed by atoms with van der Waals surface area (Å²) in [5.41, 5.74) is 0. The third-order valence-electron chi connectivity index (χ3n) is 4.64. The number of carbonyl (C=O) groups excluding carboxylic acids is 1. The monoisotopic (exact) mass is 432 g/mol. The summed E-state index contributed by atoms with van der Waals surface area (Å²) in [5, 5.41) is 1.49. The van der Waals surface area contributed by atoms with Crippen LogP contribution in [0.1, 0.15) is 66.7 Å². The van der Waals surface area contributed by atoms with Crippen LogP contribution in [0.2, 0.25) is 0 Å². The highest BCUT2D eigenvalue weighted by molar-refractivity contribution is 6.00. The van der Waals surface area contributed by atoms with Gasteiger partial charge >= 0.3 is 5.97 Å². The fourth-order valence-corrected chi connectivity index (χ4v) is 3.30. The van der Waals surface area contributed by atoms with Crippen molar-refractivity contribution in [1.82, 2.24) is 0 Å². The van der Waals surface area contributed by atoms with Crippen LogP contribution in [0.15, 0.2) is 18.2 Å². The molecule has 0 saturated carbocycles. The molecular formula is C25H36O6. The average molecular weight is 433 g/mol. The fraction of sp³-hybridized carbons (Fsp3) is 0.560. The van der Waals surface area contributed by atoms with E-state index in [0.717, 1.165) is 36.5 Å². The Bertz CT molecular complexity index is 846. The lowest BCUT2D eigenvalue weighted by Gasteiger charge is -2.22. The van der Waals surface area contributed by atoms with Crippen molar-refractivity contribution >= 4 is 16.7 Å². The second-order valence-corrected chi connectivity index (χ2v) is 7.10. The topological polar surface area (TPSA) is 63.2 Å². The molecule has 0 bridgehead atoms. The molecule has 2 rings (SSSR count). The molecule has 0 aliphatic rings. The number of rotatable bonds is 14. The molecule has 0 unspecified atom stereocenters. The molecule has 0 spiro atoms. The Labute approximate surface area is 185 Å². The van der Waals surface area contributed by atoms with Crippen LogP contribution >= 0.6 is 0 Å². The number of fused-ring (bicyclic) bond motifs is 1. The van der Waals surface area contributed by atoms with Gasteiger partial charge in [-0.3, -0.25) is 4.79 Å². The van der Waals surface area contributed by atoms with Crippen LogP contribution in [0.3, 0.4) is 0 Å². The number of hydrogen-bond donors (Lipinski definition) is 0. The zero-order chi connectivity index (χ0) is 22.6. The van der Waals surface area contributed by atoms with Crippen molar-refractivity contribution in [3.05, 3.63) is 18.2 Å². The first-order valence-corrected chi connectivity index (χ1v) is 11.5. The summed E-state index contributed by atoms with van der Waals surface area (Å²) in [5.74, 6) is 2.23. The van der Waals surface area contributed by atoms with Gasteiger partial charge in [0, 0.05) is 17.2 Å². The molecule has 0 aliphatic heterocycles. The summed E-state index contributed by atoms with van der Waals surface area (Å²) in [7, 11) is 0. The van der Waals surface area contributed by atoms with Gasteiger partial charge in [0.2, 0.25) is 11.5 Å². The predicted molar refractivity (Wildman–Crippen MR) is 123 cm³/mol. The summed E-state index contributed by atoms with van der Waals surface area (Å²) in [4.78, 5) is 12.6. The van der Waals surface area contributed by atoms with E-state index in [2.05, 4.69) is 6.92 Å². The van der Waals surface area contributed by atoms with Crippen molar-refractivity contribution < 1.29 is 28.5 Å². The maximum atomic E-state index is 12.6. The summed E-state index contributed by atoms with van der Waals surface area (Å²) >= 11 is 0. The lowest BCUT2D eigenvalue weighted by atomic mass is 10.1. The minimum Gasteiger partial charge on any atom is -0.494 e. The van der Waals surface area contributed by atoms with Gasteiger partial charge in [0.05, 0.1) is 26.4 Å². The fourth-order valence-electron chi connectivity index (χ4n) is 3.30. The Morgan fingerprint density at radius 3 is 2.00 bits per heavy atom. The van der Waals surface area contributed by atoms with Crippen LogP contribution < -0.4 is 23.7 Å². The lowest BCUT2D eigenvalue weighted by Crippen LogP contribution is -2.11. The molecule has 0 saturated heterocycles. The normalized spacial score (nSPS) is 10.7. The van der Waals surface area contributed by atoms with Gasteiger partial charge in [-0.1, -0.05) is 26.7 Å². The van der Waals surface area contributed by atoms with E-state index in [1.807, 2.05) is 45.9 Å². The Morgan fingerprint density at radius 1 is 0.710 bits per heavy atom. The molecule has 0 aromatic heterocycles. The zero-order valence-electron chi connectivity index (χ0n) is 19.5. The third kappa shape index (κ3) is 6.42. The van der Waals surface area contributed by atoms with Crippen LogP contribution in [0.5, 0.6) is 28.7 Å². The highest BCUT2D eigenvalue weighted by Gasteiger charge is 2.26. The number of hydrogen-bond acceptors (Lipinski definition) is 6. The van der Waals surface area contributed by atoms with Crippen LogP contribution in [0.4, 0.5) is 0 Å². The second kappa shape index (κ2) is 12.9. The van der Waals surface area contributed by atoms with Crippen molar-refractivity contribution in [2.75, 3.05) is 26.4 Å². The maximum Gasteiger partial charge on any atom is 0.311 e. The van der Waals surface area contributed by atoms with E-state index in [1.165, 1.54) is 0 Å². The molecule has 2 aromatic rings. The number of unbranched alkanes of at least 4 members (excludes halogenated alkanes) is 2. The summed E-state index contributed by atoms with van der Waals surface area (Å²) in [6, 6.07) is 5.64. The average Bonchev–Trinajstić information content (AvgIpc) is 2.76. The minimum absolute atomic E-state index is 0.283. The Balaban J connectivity index is 2.69. The van der Waals surface area contributed by atoms with Crippen molar-refractivity contribution in [3.63, 3.8) is 0 Å². The van der Waals surface area contributed by atoms with Gasteiger partial charge < -0.3 is 23.7 Å². The molecule has 0 fully saturated rings. The lowest BCUT2D eigenvalue weighted by molar-refractivity contribution is -0.134.